The molecule has 3 heterocycles. The Labute approximate surface area is 170 Å². The lowest BCUT2D eigenvalue weighted by molar-refractivity contribution is -0.133. The summed E-state index contributed by atoms with van der Waals surface area (Å²) in [5, 5.41) is 3.42. The topological polar surface area (TPSA) is 65.8 Å². The lowest BCUT2D eigenvalue weighted by atomic mass is 10.1. The lowest BCUT2D eigenvalue weighted by Crippen LogP contribution is -2.52. The molecule has 3 aromatic rings. The van der Waals surface area contributed by atoms with Crippen molar-refractivity contribution in [2.75, 3.05) is 38.0 Å². The summed E-state index contributed by atoms with van der Waals surface area (Å²) in [5.41, 5.74) is 2.55. The molecule has 1 amide bonds. The first-order chi connectivity index (χ1) is 14.2. The molecule has 2 aromatic heterocycles. The number of piperazine rings is 1. The highest BCUT2D eigenvalue weighted by Crippen LogP contribution is 2.29. The summed E-state index contributed by atoms with van der Waals surface area (Å²) < 4.78 is 1.95. The molecule has 0 spiro atoms. The van der Waals surface area contributed by atoms with Crippen LogP contribution < -0.4 is 5.32 Å². The molecule has 1 aromatic carbocycles. The minimum atomic E-state index is -0.364. The minimum absolute atomic E-state index is 0.103. The third-order valence-corrected chi connectivity index (χ3v) is 5.27. The Kier molecular flexibility index (Phi) is 5.57. The summed E-state index contributed by atoms with van der Waals surface area (Å²) in [7, 11) is 0. The molecule has 29 heavy (non-hydrogen) atoms. The molecular formula is C22H26N6O. The third kappa shape index (κ3) is 4.00. The molecule has 1 aliphatic rings. The van der Waals surface area contributed by atoms with E-state index in [1.807, 2.05) is 58.8 Å². The van der Waals surface area contributed by atoms with Crippen molar-refractivity contribution in [3.8, 4) is 11.3 Å². The zero-order chi connectivity index (χ0) is 20.2. The maximum Gasteiger partial charge on any atom is 0.244 e. The highest BCUT2D eigenvalue weighted by atomic mass is 16.2. The molecule has 1 atom stereocenters. The van der Waals surface area contributed by atoms with Crippen LogP contribution in [0.1, 0.15) is 6.92 Å². The summed E-state index contributed by atoms with van der Waals surface area (Å²) in [5.74, 6) is 0.908. The Morgan fingerprint density at radius 1 is 1.24 bits per heavy atom. The second kappa shape index (κ2) is 8.45. The minimum Gasteiger partial charge on any atom is -0.358 e. The van der Waals surface area contributed by atoms with E-state index in [4.69, 9.17) is 4.98 Å². The molecule has 1 aliphatic heterocycles. The molecule has 7 nitrogen and oxygen atoms in total. The van der Waals surface area contributed by atoms with E-state index in [-0.39, 0.29) is 11.9 Å². The molecule has 0 saturated carbocycles. The number of nitrogens with one attached hydrogen (secondary N) is 1. The van der Waals surface area contributed by atoms with Crippen molar-refractivity contribution in [2.45, 2.75) is 13.0 Å². The molecule has 0 aliphatic carbocycles. The van der Waals surface area contributed by atoms with Crippen LogP contribution in [0.5, 0.6) is 0 Å². The van der Waals surface area contributed by atoms with Gasteiger partial charge in [-0.05, 0) is 6.92 Å². The van der Waals surface area contributed by atoms with E-state index in [0.717, 1.165) is 55.4 Å². The van der Waals surface area contributed by atoms with E-state index >= 15 is 0 Å². The number of hydrogen-bond donors (Lipinski definition) is 1. The highest BCUT2D eigenvalue weighted by Gasteiger charge is 2.26. The number of nitrogens with zero attached hydrogens (tertiary/aromatic N) is 5. The SMILES string of the molecule is C=CCN1CCN(C(=O)C(C)Nc2c(-c3ccccc3)nc3cnccn23)CC1. The first kappa shape index (κ1) is 19.1. The molecule has 1 unspecified atom stereocenters. The molecular weight excluding hydrogens is 364 g/mol. The van der Waals surface area contributed by atoms with Crippen LogP contribution in [-0.2, 0) is 4.79 Å². The van der Waals surface area contributed by atoms with Gasteiger partial charge in [0.25, 0.3) is 0 Å². The number of aromatic nitrogens is 3. The van der Waals surface area contributed by atoms with Gasteiger partial charge in [0.05, 0.1) is 6.20 Å². The van der Waals surface area contributed by atoms with Gasteiger partial charge >= 0.3 is 0 Å². The van der Waals surface area contributed by atoms with Crippen molar-refractivity contribution in [3.05, 3.63) is 61.6 Å². The fraction of sp³-hybridized carbons (Fsp3) is 0.318. The van der Waals surface area contributed by atoms with E-state index < -0.39 is 0 Å². The van der Waals surface area contributed by atoms with Crippen LogP contribution in [0.3, 0.4) is 0 Å². The summed E-state index contributed by atoms with van der Waals surface area (Å²) in [6.07, 6.45) is 7.22. The number of amides is 1. The summed E-state index contributed by atoms with van der Waals surface area (Å²) in [6, 6.07) is 9.62. The number of carbonyl (C=O) groups is 1. The number of rotatable bonds is 6. The molecule has 150 valence electrons. The predicted molar refractivity (Wildman–Crippen MR) is 115 cm³/mol. The van der Waals surface area contributed by atoms with Crippen LogP contribution in [0.2, 0.25) is 0 Å². The van der Waals surface area contributed by atoms with Crippen molar-refractivity contribution in [1.82, 2.24) is 24.2 Å². The van der Waals surface area contributed by atoms with Crippen molar-refractivity contribution in [3.63, 3.8) is 0 Å². The van der Waals surface area contributed by atoms with Crippen molar-refractivity contribution < 1.29 is 4.79 Å². The van der Waals surface area contributed by atoms with Gasteiger partial charge in [0.2, 0.25) is 5.91 Å². The van der Waals surface area contributed by atoms with Gasteiger partial charge in [0.15, 0.2) is 5.65 Å². The Morgan fingerprint density at radius 2 is 2.00 bits per heavy atom. The smallest absolute Gasteiger partial charge is 0.244 e. The van der Waals surface area contributed by atoms with Gasteiger partial charge < -0.3 is 10.2 Å². The highest BCUT2D eigenvalue weighted by molar-refractivity contribution is 5.86. The maximum absolute atomic E-state index is 13.1. The Hall–Kier alpha value is -3.19. The summed E-state index contributed by atoms with van der Waals surface area (Å²) in [6.45, 7) is 9.80. The van der Waals surface area contributed by atoms with E-state index in [9.17, 15) is 4.79 Å². The molecule has 0 radical (unpaired) electrons. The Morgan fingerprint density at radius 3 is 2.72 bits per heavy atom. The van der Waals surface area contributed by atoms with Crippen LogP contribution in [-0.4, -0.2) is 68.8 Å². The number of carbonyl (C=O) groups excluding carboxylic acids is 1. The van der Waals surface area contributed by atoms with Gasteiger partial charge in [-0.2, -0.15) is 0 Å². The average molecular weight is 390 g/mol. The molecule has 1 N–H and O–H groups in total. The lowest BCUT2D eigenvalue weighted by Gasteiger charge is -2.35. The summed E-state index contributed by atoms with van der Waals surface area (Å²) in [4.78, 5) is 26.2. The third-order valence-electron chi connectivity index (χ3n) is 5.27. The maximum atomic E-state index is 13.1. The number of hydrogen-bond acceptors (Lipinski definition) is 5. The Balaban J connectivity index is 1.56. The monoisotopic (exact) mass is 390 g/mol. The second-order valence-electron chi connectivity index (χ2n) is 7.26. The van der Waals surface area contributed by atoms with Crippen molar-refractivity contribution in [2.24, 2.45) is 0 Å². The number of benzene rings is 1. The van der Waals surface area contributed by atoms with Crippen LogP contribution in [0.4, 0.5) is 5.82 Å². The fourth-order valence-corrected chi connectivity index (χ4v) is 3.72. The second-order valence-corrected chi connectivity index (χ2v) is 7.26. The van der Waals surface area contributed by atoms with Crippen LogP contribution in [0.15, 0.2) is 61.6 Å². The number of fused-ring (bicyclic) bond motifs is 1. The van der Waals surface area contributed by atoms with Crippen LogP contribution in [0.25, 0.3) is 16.9 Å². The quantitative estimate of drug-likeness (QED) is 0.655. The molecule has 4 rings (SSSR count). The van der Waals surface area contributed by atoms with Crippen molar-refractivity contribution >= 4 is 17.4 Å². The van der Waals surface area contributed by atoms with E-state index in [1.54, 1.807) is 12.4 Å². The Bertz CT molecular complexity index is 991. The largest absolute Gasteiger partial charge is 0.358 e. The average Bonchev–Trinajstić information content (AvgIpc) is 3.13. The van der Waals surface area contributed by atoms with Gasteiger partial charge in [-0.3, -0.25) is 19.1 Å². The van der Waals surface area contributed by atoms with E-state index in [1.165, 1.54) is 0 Å². The van der Waals surface area contributed by atoms with E-state index in [2.05, 4.69) is 21.8 Å². The fourth-order valence-electron chi connectivity index (χ4n) is 3.72. The zero-order valence-electron chi connectivity index (χ0n) is 16.7. The van der Waals surface area contributed by atoms with Gasteiger partial charge in [0, 0.05) is 50.7 Å². The molecule has 7 heteroatoms. The van der Waals surface area contributed by atoms with E-state index in [0.29, 0.717) is 0 Å². The van der Waals surface area contributed by atoms with Gasteiger partial charge in [0.1, 0.15) is 17.6 Å². The van der Waals surface area contributed by atoms with Crippen LogP contribution >= 0.6 is 0 Å². The van der Waals surface area contributed by atoms with Gasteiger partial charge in [-0.1, -0.05) is 36.4 Å². The first-order valence-electron chi connectivity index (χ1n) is 9.93. The first-order valence-corrected chi connectivity index (χ1v) is 9.93. The van der Waals surface area contributed by atoms with Crippen LogP contribution in [0, 0.1) is 0 Å². The number of anilines is 1. The van der Waals surface area contributed by atoms with Gasteiger partial charge in [-0.15, -0.1) is 6.58 Å². The standard InChI is InChI=1S/C22H26N6O/c1-3-10-26-12-14-27(15-13-26)22(29)17(2)24-21-20(18-7-5-4-6-8-18)25-19-16-23-9-11-28(19)21/h3-9,11,16-17,24H,1,10,12-15H2,2H3. The molecule has 0 bridgehead atoms. The zero-order valence-corrected chi connectivity index (χ0v) is 16.7. The van der Waals surface area contributed by atoms with Gasteiger partial charge in [-0.25, -0.2) is 4.98 Å². The summed E-state index contributed by atoms with van der Waals surface area (Å²) >= 11 is 0. The normalized spacial score (nSPS) is 16.0. The number of imidazole rings is 1. The predicted octanol–water partition coefficient (Wildman–Crippen LogP) is 2.53. The molecule has 1 fully saturated rings. The van der Waals surface area contributed by atoms with Crippen molar-refractivity contribution in [1.29, 1.82) is 0 Å². The molecule has 1 saturated heterocycles.